The minimum absolute atomic E-state index is 0.0358. The van der Waals surface area contributed by atoms with E-state index in [0.717, 1.165) is 18.2 Å². The molecule has 0 bridgehead atoms. The third-order valence-electron chi connectivity index (χ3n) is 4.16. The first kappa shape index (κ1) is 19.2. The van der Waals surface area contributed by atoms with Crippen LogP contribution in [-0.4, -0.2) is 15.9 Å². The number of benzene rings is 3. The van der Waals surface area contributed by atoms with Crippen molar-refractivity contribution >= 4 is 11.6 Å². The Hall–Kier alpha value is -4.13. The summed E-state index contributed by atoms with van der Waals surface area (Å²) in [5.41, 5.74) is 1.75. The molecule has 4 rings (SSSR count). The highest BCUT2D eigenvalue weighted by Crippen LogP contribution is 2.23. The Bertz CT molecular complexity index is 1160. The standard InChI is InChI=1S/C23H15F2N3O2/c24-18-10-19(25)12-20(11-18)28-22(29)16-6-4-5-15(9-16)17-13-26-23(27-14-17)30-21-7-2-1-3-8-21/h1-14H,(H,28,29). The van der Waals surface area contributed by atoms with Gasteiger partial charge in [0.15, 0.2) is 0 Å². The van der Waals surface area contributed by atoms with Crippen LogP contribution in [-0.2, 0) is 0 Å². The molecule has 1 amide bonds. The van der Waals surface area contributed by atoms with Gasteiger partial charge in [0, 0.05) is 35.3 Å². The van der Waals surface area contributed by atoms with Crippen molar-refractivity contribution in [3.05, 3.63) is 102 Å². The molecule has 1 heterocycles. The number of nitrogens with one attached hydrogen (secondary N) is 1. The van der Waals surface area contributed by atoms with Gasteiger partial charge < -0.3 is 10.1 Å². The number of anilines is 1. The van der Waals surface area contributed by atoms with Crippen LogP contribution in [0.4, 0.5) is 14.5 Å². The molecule has 7 heteroatoms. The van der Waals surface area contributed by atoms with Crippen LogP contribution < -0.4 is 10.1 Å². The largest absolute Gasteiger partial charge is 0.424 e. The molecule has 5 nitrogen and oxygen atoms in total. The molecule has 3 aromatic carbocycles. The number of hydrogen-bond donors (Lipinski definition) is 1. The van der Waals surface area contributed by atoms with E-state index in [2.05, 4.69) is 15.3 Å². The number of hydrogen-bond acceptors (Lipinski definition) is 4. The van der Waals surface area contributed by atoms with Crippen LogP contribution >= 0.6 is 0 Å². The fourth-order valence-corrected chi connectivity index (χ4v) is 2.78. The van der Waals surface area contributed by atoms with Gasteiger partial charge in [0.25, 0.3) is 5.91 Å². The quantitative estimate of drug-likeness (QED) is 0.480. The summed E-state index contributed by atoms with van der Waals surface area (Å²) >= 11 is 0. The normalized spacial score (nSPS) is 10.5. The molecule has 0 aliphatic carbocycles. The number of rotatable bonds is 5. The smallest absolute Gasteiger partial charge is 0.321 e. The van der Waals surface area contributed by atoms with E-state index < -0.39 is 17.5 Å². The van der Waals surface area contributed by atoms with Crippen LogP contribution in [0.15, 0.2) is 85.2 Å². The van der Waals surface area contributed by atoms with E-state index in [1.54, 1.807) is 48.8 Å². The zero-order chi connectivity index (χ0) is 20.9. The SMILES string of the molecule is O=C(Nc1cc(F)cc(F)c1)c1cccc(-c2cnc(Oc3ccccc3)nc2)c1. The van der Waals surface area contributed by atoms with Gasteiger partial charge in [-0.05, 0) is 42.0 Å². The van der Waals surface area contributed by atoms with Crippen molar-refractivity contribution in [2.75, 3.05) is 5.32 Å². The fourth-order valence-electron chi connectivity index (χ4n) is 2.78. The molecular weight excluding hydrogens is 388 g/mol. The van der Waals surface area contributed by atoms with E-state index in [0.29, 0.717) is 22.4 Å². The average molecular weight is 403 g/mol. The van der Waals surface area contributed by atoms with Crippen LogP contribution in [0.1, 0.15) is 10.4 Å². The second kappa shape index (κ2) is 8.48. The summed E-state index contributed by atoms with van der Waals surface area (Å²) in [6.45, 7) is 0. The third kappa shape index (κ3) is 4.64. The second-order valence-electron chi connectivity index (χ2n) is 6.36. The second-order valence-corrected chi connectivity index (χ2v) is 6.36. The Morgan fingerprint density at radius 2 is 1.50 bits per heavy atom. The monoisotopic (exact) mass is 403 g/mol. The predicted molar refractivity (Wildman–Crippen MR) is 108 cm³/mol. The van der Waals surface area contributed by atoms with Gasteiger partial charge in [-0.25, -0.2) is 18.7 Å². The number of para-hydroxylation sites is 1. The third-order valence-corrected chi connectivity index (χ3v) is 4.16. The first-order valence-electron chi connectivity index (χ1n) is 9.00. The molecule has 0 aliphatic heterocycles. The number of amides is 1. The van der Waals surface area contributed by atoms with E-state index in [9.17, 15) is 13.6 Å². The summed E-state index contributed by atoms with van der Waals surface area (Å²) in [5, 5.41) is 2.48. The lowest BCUT2D eigenvalue weighted by molar-refractivity contribution is 0.102. The van der Waals surface area contributed by atoms with Crippen molar-refractivity contribution in [1.29, 1.82) is 0 Å². The Labute approximate surface area is 171 Å². The Morgan fingerprint density at radius 1 is 0.800 bits per heavy atom. The molecule has 0 saturated carbocycles. The van der Waals surface area contributed by atoms with Crippen molar-refractivity contribution in [3.8, 4) is 22.9 Å². The van der Waals surface area contributed by atoms with Crippen LogP contribution in [0, 0.1) is 11.6 Å². The van der Waals surface area contributed by atoms with E-state index in [4.69, 9.17) is 4.74 Å². The van der Waals surface area contributed by atoms with Crippen molar-refractivity contribution < 1.29 is 18.3 Å². The molecule has 0 fully saturated rings. The highest BCUT2D eigenvalue weighted by atomic mass is 19.1. The van der Waals surface area contributed by atoms with Gasteiger partial charge in [0.2, 0.25) is 0 Å². The predicted octanol–water partition coefficient (Wildman–Crippen LogP) is 5.47. The van der Waals surface area contributed by atoms with Crippen molar-refractivity contribution in [1.82, 2.24) is 9.97 Å². The topological polar surface area (TPSA) is 64.1 Å². The summed E-state index contributed by atoms with van der Waals surface area (Å²) in [4.78, 5) is 20.9. The number of nitrogens with zero attached hydrogens (tertiary/aromatic N) is 2. The van der Waals surface area contributed by atoms with Gasteiger partial charge in [-0.1, -0.05) is 30.3 Å². The minimum atomic E-state index is -0.769. The molecule has 0 spiro atoms. The van der Waals surface area contributed by atoms with Gasteiger partial charge in [-0.15, -0.1) is 0 Å². The zero-order valence-corrected chi connectivity index (χ0v) is 15.5. The highest BCUT2D eigenvalue weighted by Gasteiger charge is 2.10. The Morgan fingerprint density at radius 3 is 2.20 bits per heavy atom. The summed E-state index contributed by atoms with van der Waals surface area (Å²) in [6.07, 6.45) is 3.18. The molecule has 1 N–H and O–H groups in total. The van der Waals surface area contributed by atoms with E-state index >= 15 is 0 Å². The molecule has 0 radical (unpaired) electrons. The van der Waals surface area contributed by atoms with Crippen molar-refractivity contribution in [3.63, 3.8) is 0 Å². The molecule has 0 saturated heterocycles. The van der Waals surface area contributed by atoms with Crippen molar-refractivity contribution in [2.45, 2.75) is 0 Å². The number of halogens is 2. The van der Waals surface area contributed by atoms with Crippen LogP contribution in [0.5, 0.6) is 11.8 Å². The molecule has 148 valence electrons. The number of aromatic nitrogens is 2. The van der Waals surface area contributed by atoms with E-state index in [1.165, 1.54) is 0 Å². The summed E-state index contributed by atoms with van der Waals surface area (Å²) in [7, 11) is 0. The first-order chi connectivity index (χ1) is 14.6. The zero-order valence-electron chi connectivity index (χ0n) is 15.5. The minimum Gasteiger partial charge on any atom is -0.424 e. The summed E-state index contributed by atoms with van der Waals surface area (Å²) in [5.74, 6) is -1.41. The number of ether oxygens (including phenoxy) is 1. The maximum absolute atomic E-state index is 13.3. The van der Waals surface area contributed by atoms with Gasteiger partial charge in [0.05, 0.1) is 0 Å². The van der Waals surface area contributed by atoms with Crippen LogP contribution in [0.3, 0.4) is 0 Å². The van der Waals surface area contributed by atoms with Crippen LogP contribution in [0.2, 0.25) is 0 Å². The van der Waals surface area contributed by atoms with Crippen molar-refractivity contribution in [2.24, 2.45) is 0 Å². The lowest BCUT2D eigenvalue weighted by atomic mass is 10.1. The van der Waals surface area contributed by atoms with Gasteiger partial charge in [0.1, 0.15) is 17.4 Å². The Kier molecular flexibility index (Phi) is 5.43. The lowest BCUT2D eigenvalue weighted by Gasteiger charge is -2.08. The highest BCUT2D eigenvalue weighted by molar-refractivity contribution is 6.04. The fraction of sp³-hybridized carbons (Fsp3) is 0. The Balaban J connectivity index is 1.50. The summed E-state index contributed by atoms with van der Waals surface area (Å²) in [6, 6.07) is 18.9. The molecule has 1 aromatic heterocycles. The molecule has 0 atom stereocenters. The molecule has 0 aliphatic rings. The van der Waals surface area contributed by atoms with Gasteiger partial charge in [-0.2, -0.15) is 0 Å². The molecule has 30 heavy (non-hydrogen) atoms. The summed E-state index contributed by atoms with van der Waals surface area (Å²) < 4.78 is 32.2. The van der Waals surface area contributed by atoms with Gasteiger partial charge in [-0.3, -0.25) is 4.79 Å². The average Bonchev–Trinajstić information content (AvgIpc) is 2.74. The van der Waals surface area contributed by atoms with Gasteiger partial charge >= 0.3 is 6.01 Å². The van der Waals surface area contributed by atoms with E-state index in [-0.39, 0.29) is 11.7 Å². The lowest BCUT2D eigenvalue weighted by Crippen LogP contribution is -2.12. The number of carbonyl (C=O) groups is 1. The van der Waals surface area contributed by atoms with Crippen LogP contribution in [0.25, 0.3) is 11.1 Å². The molecular formula is C23H15F2N3O2. The first-order valence-corrected chi connectivity index (χ1v) is 9.00. The number of carbonyl (C=O) groups excluding carboxylic acids is 1. The molecule has 0 unspecified atom stereocenters. The molecule has 4 aromatic rings. The maximum Gasteiger partial charge on any atom is 0.321 e. The van der Waals surface area contributed by atoms with E-state index in [1.807, 2.05) is 18.2 Å². The maximum atomic E-state index is 13.3.